The highest BCUT2D eigenvalue weighted by Crippen LogP contribution is 2.21. The molecule has 6 nitrogen and oxygen atoms in total. The van der Waals surface area contributed by atoms with Crippen molar-refractivity contribution in [3.63, 3.8) is 0 Å². The summed E-state index contributed by atoms with van der Waals surface area (Å²) in [6.45, 7) is 2.10. The number of nitrogens with one attached hydrogen (secondary N) is 1. The number of ether oxygens (including phenoxy) is 1. The van der Waals surface area contributed by atoms with Gasteiger partial charge in [0.2, 0.25) is 15.9 Å². The van der Waals surface area contributed by atoms with Crippen molar-refractivity contribution in [3.05, 3.63) is 59.9 Å². The van der Waals surface area contributed by atoms with Crippen molar-refractivity contribution < 1.29 is 22.3 Å². The molecule has 0 unspecified atom stereocenters. The average molecular weight is 380 g/mol. The molecule has 0 aliphatic heterocycles. The highest BCUT2D eigenvalue weighted by atomic mass is 32.2. The minimum absolute atomic E-state index is 0.163. The number of amides is 1. The summed E-state index contributed by atoms with van der Waals surface area (Å²) in [7, 11) is -3.82. The van der Waals surface area contributed by atoms with Crippen LogP contribution in [0.3, 0.4) is 0 Å². The molecule has 2 aromatic rings. The summed E-state index contributed by atoms with van der Waals surface area (Å²) in [5, 5.41) is 2.64. The van der Waals surface area contributed by atoms with Gasteiger partial charge in [-0.3, -0.25) is 9.10 Å². The summed E-state index contributed by atoms with van der Waals surface area (Å²) in [5.74, 6) is -0.570. The van der Waals surface area contributed by atoms with E-state index in [4.69, 9.17) is 4.74 Å². The Morgan fingerprint density at radius 2 is 1.92 bits per heavy atom. The summed E-state index contributed by atoms with van der Waals surface area (Å²) in [5.41, 5.74) is 0.643. The topological polar surface area (TPSA) is 75.7 Å². The first-order chi connectivity index (χ1) is 12.3. The molecule has 0 saturated heterocycles. The molecular weight excluding hydrogens is 359 g/mol. The van der Waals surface area contributed by atoms with E-state index in [1.807, 2.05) is 13.0 Å². The fourth-order valence-electron chi connectivity index (χ4n) is 2.33. The van der Waals surface area contributed by atoms with Crippen LogP contribution in [0.25, 0.3) is 0 Å². The highest BCUT2D eigenvalue weighted by Gasteiger charge is 2.23. The Morgan fingerprint density at radius 3 is 2.58 bits per heavy atom. The Labute approximate surface area is 152 Å². The van der Waals surface area contributed by atoms with Crippen molar-refractivity contribution in [1.29, 1.82) is 0 Å². The molecule has 1 N–H and O–H groups in total. The first-order valence-corrected chi connectivity index (χ1v) is 9.86. The predicted molar refractivity (Wildman–Crippen MR) is 98.0 cm³/mol. The van der Waals surface area contributed by atoms with Crippen molar-refractivity contribution in [3.8, 4) is 5.75 Å². The quantitative estimate of drug-likeness (QED) is 0.763. The third-order valence-corrected chi connectivity index (χ3v) is 4.63. The number of carbonyl (C=O) groups is 1. The first-order valence-electron chi connectivity index (χ1n) is 8.02. The van der Waals surface area contributed by atoms with E-state index in [1.54, 1.807) is 18.2 Å². The molecule has 2 aromatic carbocycles. The zero-order valence-electron chi connectivity index (χ0n) is 14.6. The maximum absolute atomic E-state index is 13.9. The fraction of sp³-hybridized carbons (Fsp3) is 0.278. The van der Waals surface area contributed by atoms with Crippen LogP contribution in [-0.4, -0.2) is 33.7 Å². The standard InChI is InChI=1S/C18H21FN2O4S/c1-3-25-15-8-6-7-14(11-15)12-20-18(22)13-21(26(2,23)24)17-10-5-4-9-16(17)19/h4-11H,3,12-13H2,1-2H3,(H,20,22). The second-order valence-electron chi connectivity index (χ2n) is 5.58. The number of carbonyl (C=O) groups excluding carboxylic acids is 1. The van der Waals surface area contributed by atoms with Gasteiger partial charge >= 0.3 is 0 Å². The third-order valence-electron chi connectivity index (χ3n) is 3.51. The second-order valence-corrected chi connectivity index (χ2v) is 7.49. The number of halogens is 1. The van der Waals surface area contributed by atoms with E-state index in [2.05, 4.69) is 5.32 Å². The molecule has 0 saturated carbocycles. The molecule has 8 heteroatoms. The maximum atomic E-state index is 13.9. The number of benzene rings is 2. The lowest BCUT2D eigenvalue weighted by Crippen LogP contribution is -2.40. The van der Waals surface area contributed by atoms with Crippen LogP contribution in [0.15, 0.2) is 48.5 Å². The molecule has 0 fully saturated rings. The Balaban J connectivity index is 2.06. The number of para-hydroxylation sites is 1. The molecule has 26 heavy (non-hydrogen) atoms. The van der Waals surface area contributed by atoms with Gasteiger partial charge in [0, 0.05) is 6.54 Å². The number of nitrogens with zero attached hydrogens (tertiary/aromatic N) is 1. The van der Waals surface area contributed by atoms with Crippen molar-refractivity contribution >= 4 is 21.6 Å². The van der Waals surface area contributed by atoms with Crippen LogP contribution in [0.4, 0.5) is 10.1 Å². The molecule has 0 spiro atoms. The van der Waals surface area contributed by atoms with E-state index >= 15 is 0 Å². The van der Waals surface area contributed by atoms with E-state index in [0.717, 1.165) is 22.2 Å². The third kappa shape index (κ3) is 5.45. The van der Waals surface area contributed by atoms with Gasteiger partial charge in [-0.1, -0.05) is 24.3 Å². The second kappa shape index (κ2) is 8.66. The lowest BCUT2D eigenvalue weighted by atomic mass is 10.2. The van der Waals surface area contributed by atoms with Crippen LogP contribution in [0.1, 0.15) is 12.5 Å². The zero-order valence-corrected chi connectivity index (χ0v) is 15.4. The van der Waals surface area contributed by atoms with Gasteiger partial charge in [-0.2, -0.15) is 0 Å². The van der Waals surface area contributed by atoms with E-state index < -0.39 is 28.3 Å². The van der Waals surface area contributed by atoms with Gasteiger partial charge in [-0.15, -0.1) is 0 Å². The maximum Gasteiger partial charge on any atom is 0.241 e. The summed E-state index contributed by atoms with van der Waals surface area (Å²) in [6.07, 6.45) is 0.929. The molecule has 0 bridgehead atoms. The Kier molecular flexibility index (Phi) is 6.57. The van der Waals surface area contributed by atoms with Crippen LogP contribution in [-0.2, 0) is 21.4 Å². The monoisotopic (exact) mass is 380 g/mol. The van der Waals surface area contributed by atoms with Crippen molar-refractivity contribution in [2.45, 2.75) is 13.5 Å². The normalized spacial score (nSPS) is 11.0. The molecule has 1 amide bonds. The molecule has 0 aliphatic carbocycles. The summed E-state index contributed by atoms with van der Waals surface area (Å²) in [4.78, 5) is 12.2. The molecule has 0 atom stereocenters. The van der Waals surface area contributed by atoms with E-state index in [-0.39, 0.29) is 12.2 Å². The molecular formula is C18H21FN2O4S. The van der Waals surface area contributed by atoms with Gasteiger partial charge in [0.05, 0.1) is 18.6 Å². The summed E-state index contributed by atoms with van der Waals surface area (Å²) >= 11 is 0. The van der Waals surface area contributed by atoms with Crippen molar-refractivity contribution in [2.24, 2.45) is 0 Å². The molecule has 0 radical (unpaired) electrons. The average Bonchev–Trinajstić information content (AvgIpc) is 2.58. The largest absolute Gasteiger partial charge is 0.494 e. The molecule has 0 aliphatic rings. The number of anilines is 1. The Morgan fingerprint density at radius 1 is 1.19 bits per heavy atom. The van der Waals surface area contributed by atoms with Gasteiger partial charge in [0.25, 0.3) is 0 Å². The van der Waals surface area contributed by atoms with Crippen LogP contribution >= 0.6 is 0 Å². The summed E-state index contributed by atoms with van der Waals surface area (Å²) in [6, 6.07) is 12.6. The lowest BCUT2D eigenvalue weighted by molar-refractivity contribution is -0.119. The van der Waals surface area contributed by atoms with Gasteiger partial charge in [0.15, 0.2) is 0 Å². The zero-order chi connectivity index (χ0) is 19.2. The van der Waals surface area contributed by atoms with Crippen LogP contribution in [0.5, 0.6) is 5.75 Å². The Hall–Kier alpha value is -2.61. The van der Waals surface area contributed by atoms with Gasteiger partial charge in [0.1, 0.15) is 18.1 Å². The smallest absolute Gasteiger partial charge is 0.241 e. The molecule has 140 valence electrons. The van der Waals surface area contributed by atoms with E-state index in [1.165, 1.54) is 18.2 Å². The minimum Gasteiger partial charge on any atom is -0.494 e. The van der Waals surface area contributed by atoms with E-state index in [9.17, 15) is 17.6 Å². The predicted octanol–water partition coefficient (Wildman–Crippen LogP) is 2.31. The van der Waals surface area contributed by atoms with Gasteiger partial charge in [-0.05, 0) is 36.8 Å². The van der Waals surface area contributed by atoms with Crippen LogP contribution in [0, 0.1) is 5.82 Å². The first kappa shape index (κ1) is 19.7. The van der Waals surface area contributed by atoms with Crippen LogP contribution < -0.4 is 14.4 Å². The molecule has 0 aromatic heterocycles. The Bertz CT molecular complexity index is 871. The summed E-state index contributed by atoms with van der Waals surface area (Å²) < 4.78 is 44.0. The molecule has 0 heterocycles. The fourth-order valence-corrected chi connectivity index (χ4v) is 3.19. The number of rotatable bonds is 8. The van der Waals surface area contributed by atoms with Crippen molar-refractivity contribution in [1.82, 2.24) is 5.32 Å². The number of hydrogen-bond donors (Lipinski definition) is 1. The van der Waals surface area contributed by atoms with Crippen LogP contribution in [0.2, 0.25) is 0 Å². The highest BCUT2D eigenvalue weighted by molar-refractivity contribution is 7.92. The van der Waals surface area contributed by atoms with E-state index in [0.29, 0.717) is 12.4 Å². The number of hydrogen-bond acceptors (Lipinski definition) is 4. The molecule has 2 rings (SSSR count). The lowest BCUT2D eigenvalue weighted by Gasteiger charge is -2.22. The van der Waals surface area contributed by atoms with Gasteiger partial charge < -0.3 is 10.1 Å². The SMILES string of the molecule is CCOc1cccc(CNC(=O)CN(c2ccccc2F)S(C)(=O)=O)c1. The van der Waals surface area contributed by atoms with Crippen molar-refractivity contribution in [2.75, 3.05) is 23.7 Å². The van der Waals surface area contributed by atoms with Gasteiger partial charge in [-0.25, -0.2) is 12.8 Å². The minimum atomic E-state index is -3.82. The number of sulfonamides is 1.